The number of amides is 1. The summed E-state index contributed by atoms with van der Waals surface area (Å²) in [6.07, 6.45) is 3.98. The molecule has 0 spiro atoms. The first kappa shape index (κ1) is 17.9. The molecule has 1 amide bonds. The zero-order valence-electron chi connectivity index (χ0n) is 15.5. The van der Waals surface area contributed by atoms with E-state index < -0.39 is 0 Å². The van der Waals surface area contributed by atoms with E-state index in [1.54, 1.807) is 0 Å². The smallest absolute Gasteiger partial charge is 0.220 e. The van der Waals surface area contributed by atoms with E-state index >= 15 is 0 Å². The third-order valence-corrected chi connectivity index (χ3v) is 5.41. The highest BCUT2D eigenvalue weighted by molar-refractivity contribution is 5.85. The van der Waals surface area contributed by atoms with Gasteiger partial charge in [-0.1, -0.05) is 49.4 Å². The fraction of sp³-hybridized carbons (Fsp3) is 0.500. The highest BCUT2D eigenvalue weighted by Crippen LogP contribution is 2.22. The fourth-order valence-electron chi connectivity index (χ4n) is 3.81. The molecule has 3 rings (SSSR count). The summed E-state index contributed by atoms with van der Waals surface area (Å²) < 4.78 is 0. The van der Waals surface area contributed by atoms with Crippen molar-refractivity contribution in [3.05, 3.63) is 48.0 Å². The second-order valence-corrected chi connectivity index (χ2v) is 7.70. The standard InChI is InChI=1S/C22H30N2O/c1-17(14-20-8-5-7-19-6-3-4-9-21(19)20)16-23-22(25)15-18-10-12-24(2)13-11-18/h3-9,17-18H,10-16H2,1-2H3,(H,23,25)/t17-/m1/s1. The van der Waals surface area contributed by atoms with Crippen LogP contribution in [0.1, 0.15) is 31.7 Å². The summed E-state index contributed by atoms with van der Waals surface area (Å²) in [6.45, 7) is 5.22. The molecule has 2 aromatic rings. The maximum absolute atomic E-state index is 12.2. The summed E-state index contributed by atoms with van der Waals surface area (Å²) in [5.74, 6) is 1.22. The van der Waals surface area contributed by atoms with E-state index in [9.17, 15) is 4.79 Å². The van der Waals surface area contributed by atoms with Crippen molar-refractivity contribution < 1.29 is 4.79 Å². The number of likely N-dealkylation sites (tertiary alicyclic amines) is 1. The van der Waals surface area contributed by atoms with E-state index in [0.29, 0.717) is 18.3 Å². The topological polar surface area (TPSA) is 32.3 Å². The van der Waals surface area contributed by atoms with Crippen LogP contribution in [0.2, 0.25) is 0 Å². The van der Waals surface area contributed by atoms with E-state index in [0.717, 1.165) is 38.9 Å². The van der Waals surface area contributed by atoms with Crippen molar-refractivity contribution in [1.29, 1.82) is 0 Å². The second-order valence-electron chi connectivity index (χ2n) is 7.70. The van der Waals surface area contributed by atoms with Crippen molar-refractivity contribution in [3.8, 4) is 0 Å². The molecule has 1 N–H and O–H groups in total. The lowest BCUT2D eigenvalue weighted by Gasteiger charge is -2.28. The number of nitrogens with one attached hydrogen (secondary N) is 1. The molecule has 0 unspecified atom stereocenters. The Bertz CT molecular complexity index is 699. The van der Waals surface area contributed by atoms with Crippen LogP contribution >= 0.6 is 0 Å². The molecular weight excluding hydrogens is 308 g/mol. The minimum atomic E-state index is 0.222. The molecule has 1 aliphatic heterocycles. The van der Waals surface area contributed by atoms with Crippen LogP contribution in [0.4, 0.5) is 0 Å². The second kappa shape index (κ2) is 8.48. The van der Waals surface area contributed by atoms with Crippen molar-refractivity contribution in [2.24, 2.45) is 11.8 Å². The Morgan fingerprint density at radius 2 is 1.88 bits per heavy atom. The Hall–Kier alpha value is -1.87. The average Bonchev–Trinajstić information content (AvgIpc) is 2.62. The van der Waals surface area contributed by atoms with Crippen LogP contribution in [-0.2, 0) is 11.2 Å². The van der Waals surface area contributed by atoms with Gasteiger partial charge in [-0.15, -0.1) is 0 Å². The van der Waals surface area contributed by atoms with Gasteiger partial charge in [-0.2, -0.15) is 0 Å². The first-order valence-corrected chi connectivity index (χ1v) is 9.53. The number of carbonyl (C=O) groups excluding carboxylic acids is 1. The lowest BCUT2D eigenvalue weighted by molar-refractivity contribution is -0.122. The summed E-state index contributed by atoms with van der Waals surface area (Å²) >= 11 is 0. The quantitative estimate of drug-likeness (QED) is 0.867. The van der Waals surface area contributed by atoms with Gasteiger partial charge in [0.05, 0.1) is 0 Å². The molecule has 3 heteroatoms. The molecule has 1 heterocycles. The average molecular weight is 338 g/mol. The largest absolute Gasteiger partial charge is 0.356 e. The van der Waals surface area contributed by atoms with Crippen molar-refractivity contribution in [1.82, 2.24) is 10.2 Å². The lowest BCUT2D eigenvalue weighted by atomic mass is 9.93. The summed E-state index contributed by atoms with van der Waals surface area (Å²) in [5.41, 5.74) is 1.37. The summed E-state index contributed by atoms with van der Waals surface area (Å²) in [5, 5.41) is 5.78. The van der Waals surface area contributed by atoms with E-state index in [2.05, 4.69) is 66.7 Å². The van der Waals surface area contributed by atoms with Crippen LogP contribution in [0.25, 0.3) is 10.8 Å². The van der Waals surface area contributed by atoms with Gasteiger partial charge >= 0.3 is 0 Å². The van der Waals surface area contributed by atoms with Crippen LogP contribution in [0.3, 0.4) is 0 Å². The predicted octanol–water partition coefficient (Wildman–Crippen LogP) is 3.87. The number of nitrogens with zero attached hydrogens (tertiary/aromatic N) is 1. The fourth-order valence-corrected chi connectivity index (χ4v) is 3.81. The maximum atomic E-state index is 12.2. The minimum absolute atomic E-state index is 0.222. The monoisotopic (exact) mass is 338 g/mol. The zero-order chi connectivity index (χ0) is 17.6. The van der Waals surface area contributed by atoms with Crippen LogP contribution in [0, 0.1) is 11.8 Å². The normalized spacial score (nSPS) is 17.5. The zero-order valence-corrected chi connectivity index (χ0v) is 15.5. The van der Waals surface area contributed by atoms with Gasteiger partial charge < -0.3 is 10.2 Å². The molecule has 134 valence electrons. The first-order valence-electron chi connectivity index (χ1n) is 9.53. The number of carbonyl (C=O) groups is 1. The van der Waals surface area contributed by atoms with Gasteiger partial charge in [0.1, 0.15) is 0 Å². The van der Waals surface area contributed by atoms with Crippen molar-refractivity contribution in [2.45, 2.75) is 32.6 Å². The molecular formula is C22H30N2O. The molecule has 0 saturated carbocycles. The molecule has 0 bridgehead atoms. The Balaban J connectivity index is 1.47. The van der Waals surface area contributed by atoms with Gasteiger partial charge in [0.2, 0.25) is 5.91 Å². The number of hydrogen-bond donors (Lipinski definition) is 1. The first-order chi connectivity index (χ1) is 12.1. The third-order valence-electron chi connectivity index (χ3n) is 5.41. The molecule has 0 aromatic heterocycles. The Labute approximate surface area is 151 Å². The SMILES string of the molecule is C[C@@H](CNC(=O)CC1CCN(C)CC1)Cc1cccc2ccccc12. The highest BCUT2D eigenvalue weighted by atomic mass is 16.1. The van der Waals surface area contributed by atoms with Gasteiger partial charge in [0, 0.05) is 13.0 Å². The number of rotatable bonds is 6. The lowest BCUT2D eigenvalue weighted by Crippen LogP contribution is -2.35. The summed E-state index contributed by atoms with van der Waals surface area (Å²) in [7, 11) is 2.16. The highest BCUT2D eigenvalue weighted by Gasteiger charge is 2.19. The van der Waals surface area contributed by atoms with Crippen molar-refractivity contribution in [2.75, 3.05) is 26.7 Å². The van der Waals surface area contributed by atoms with E-state index in [-0.39, 0.29) is 5.91 Å². The van der Waals surface area contributed by atoms with Crippen LogP contribution in [0.15, 0.2) is 42.5 Å². The molecule has 1 atom stereocenters. The molecule has 3 nitrogen and oxygen atoms in total. The van der Waals surface area contributed by atoms with E-state index in [4.69, 9.17) is 0 Å². The van der Waals surface area contributed by atoms with Crippen molar-refractivity contribution in [3.63, 3.8) is 0 Å². The number of benzene rings is 2. The Kier molecular flexibility index (Phi) is 6.09. The van der Waals surface area contributed by atoms with Gasteiger partial charge in [0.15, 0.2) is 0 Å². The molecule has 1 fully saturated rings. The van der Waals surface area contributed by atoms with E-state index in [1.807, 2.05) is 0 Å². The number of hydrogen-bond acceptors (Lipinski definition) is 2. The van der Waals surface area contributed by atoms with Crippen LogP contribution in [0.5, 0.6) is 0 Å². The summed E-state index contributed by atoms with van der Waals surface area (Å²) in [4.78, 5) is 14.6. The van der Waals surface area contributed by atoms with Crippen LogP contribution in [-0.4, -0.2) is 37.5 Å². The Morgan fingerprint density at radius 3 is 2.68 bits per heavy atom. The molecule has 1 aliphatic rings. The molecule has 2 aromatic carbocycles. The van der Waals surface area contributed by atoms with Crippen molar-refractivity contribution >= 4 is 16.7 Å². The van der Waals surface area contributed by atoms with Gasteiger partial charge in [-0.25, -0.2) is 0 Å². The minimum Gasteiger partial charge on any atom is -0.356 e. The van der Waals surface area contributed by atoms with E-state index in [1.165, 1.54) is 16.3 Å². The molecule has 1 saturated heterocycles. The predicted molar refractivity (Wildman–Crippen MR) is 105 cm³/mol. The third kappa shape index (κ3) is 5.05. The van der Waals surface area contributed by atoms with Gasteiger partial charge in [-0.05, 0) is 67.6 Å². The summed E-state index contributed by atoms with van der Waals surface area (Å²) in [6, 6.07) is 15.0. The number of piperidine rings is 1. The maximum Gasteiger partial charge on any atom is 0.220 e. The van der Waals surface area contributed by atoms with Crippen LogP contribution < -0.4 is 5.32 Å². The number of fused-ring (bicyclic) bond motifs is 1. The van der Waals surface area contributed by atoms with Gasteiger partial charge in [-0.3, -0.25) is 4.79 Å². The molecule has 25 heavy (non-hydrogen) atoms. The molecule has 0 aliphatic carbocycles. The van der Waals surface area contributed by atoms with Gasteiger partial charge in [0.25, 0.3) is 0 Å². The molecule has 0 radical (unpaired) electrons. The Morgan fingerprint density at radius 1 is 1.16 bits per heavy atom.